The molecule has 2 rings (SSSR count). The molecule has 0 aliphatic heterocycles. The van der Waals surface area contributed by atoms with Crippen LogP contribution in [0.5, 0.6) is 11.5 Å². The maximum atomic E-state index is 5.89. The number of nitrogens with two attached hydrogens (primary N) is 1. The van der Waals surface area contributed by atoms with Crippen molar-refractivity contribution in [3.05, 3.63) is 60.2 Å². The van der Waals surface area contributed by atoms with Gasteiger partial charge in [-0.3, -0.25) is 0 Å². The molecule has 0 aromatic heterocycles. The highest BCUT2D eigenvalue weighted by atomic mass is 16.5. The second-order valence-corrected chi connectivity index (χ2v) is 5.50. The van der Waals surface area contributed by atoms with E-state index in [1.54, 1.807) is 7.11 Å². The van der Waals surface area contributed by atoms with Crippen molar-refractivity contribution in [2.24, 2.45) is 10.7 Å². The van der Waals surface area contributed by atoms with E-state index in [9.17, 15) is 0 Å². The molecule has 0 saturated heterocycles. The molecule has 0 radical (unpaired) electrons. The molecule has 5 nitrogen and oxygen atoms in total. The second kappa shape index (κ2) is 9.45. The van der Waals surface area contributed by atoms with Gasteiger partial charge in [-0.25, -0.2) is 4.99 Å². The van der Waals surface area contributed by atoms with Crippen molar-refractivity contribution in [3.8, 4) is 11.5 Å². The smallest absolute Gasteiger partial charge is 0.188 e. The van der Waals surface area contributed by atoms with Crippen LogP contribution in [-0.2, 0) is 6.42 Å². The quantitative estimate of drug-likeness (QED) is 0.578. The van der Waals surface area contributed by atoms with Crippen LogP contribution >= 0.6 is 0 Å². The van der Waals surface area contributed by atoms with E-state index in [0.717, 1.165) is 24.5 Å². The van der Waals surface area contributed by atoms with Crippen molar-refractivity contribution in [2.75, 3.05) is 20.2 Å². The Morgan fingerprint density at radius 2 is 1.88 bits per heavy atom. The Hall–Kier alpha value is -2.69. The van der Waals surface area contributed by atoms with E-state index in [0.29, 0.717) is 12.5 Å². The van der Waals surface area contributed by atoms with Gasteiger partial charge in [0, 0.05) is 12.6 Å². The lowest BCUT2D eigenvalue weighted by atomic mass is 10.1. The van der Waals surface area contributed by atoms with Gasteiger partial charge in [-0.05, 0) is 31.0 Å². The summed E-state index contributed by atoms with van der Waals surface area (Å²) in [6.07, 6.45) is 0.832. The van der Waals surface area contributed by atoms with E-state index >= 15 is 0 Å². The third-order valence-corrected chi connectivity index (χ3v) is 3.46. The normalized spacial score (nSPS) is 12.5. The number of guanidine groups is 1. The maximum absolute atomic E-state index is 5.89. The number of aliphatic imine (C=N–C) groups is 1. The van der Waals surface area contributed by atoms with Crippen LogP contribution in [0.15, 0.2) is 59.6 Å². The minimum absolute atomic E-state index is 0.0772. The molecular weight excluding hydrogens is 302 g/mol. The third kappa shape index (κ3) is 6.20. The fourth-order valence-electron chi connectivity index (χ4n) is 2.21. The van der Waals surface area contributed by atoms with Gasteiger partial charge in [0.25, 0.3) is 0 Å². The summed E-state index contributed by atoms with van der Waals surface area (Å²) in [5.41, 5.74) is 7.16. The Morgan fingerprint density at radius 1 is 1.12 bits per heavy atom. The lowest BCUT2D eigenvalue weighted by molar-refractivity contribution is 0.229. The molecule has 3 N–H and O–H groups in total. The maximum Gasteiger partial charge on any atom is 0.188 e. The van der Waals surface area contributed by atoms with Crippen molar-refractivity contribution in [2.45, 2.75) is 19.4 Å². The molecule has 0 amide bonds. The Morgan fingerprint density at radius 3 is 2.62 bits per heavy atom. The largest absolute Gasteiger partial charge is 0.497 e. The van der Waals surface area contributed by atoms with E-state index in [-0.39, 0.29) is 6.10 Å². The Labute approximate surface area is 143 Å². The molecule has 24 heavy (non-hydrogen) atoms. The van der Waals surface area contributed by atoms with Crippen molar-refractivity contribution in [1.82, 2.24) is 5.32 Å². The van der Waals surface area contributed by atoms with E-state index in [2.05, 4.69) is 22.4 Å². The standard InChI is InChI=1S/C19H25N3O2/c1-15(24-18-10-6-9-17(13-18)23-2)14-22-19(20)21-12-11-16-7-4-3-5-8-16/h3-10,13,15H,11-12,14H2,1-2H3,(H3,20,21,22). The van der Waals surface area contributed by atoms with E-state index in [4.69, 9.17) is 15.2 Å². The summed E-state index contributed by atoms with van der Waals surface area (Å²) in [5.74, 6) is 1.96. The first-order chi connectivity index (χ1) is 11.7. The molecule has 0 fully saturated rings. The van der Waals surface area contributed by atoms with Crippen LogP contribution in [0.3, 0.4) is 0 Å². The van der Waals surface area contributed by atoms with Gasteiger partial charge in [-0.15, -0.1) is 0 Å². The molecule has 0 bridgehead atoms. The summed E-state index contributed by atoms with van der Waals surface area (Å²) in [5, 5.41) is 3.12. The molecule has 128 valence electrons. The van der Waals surface area contributed by atoms with Crippen molar-refractivity contribution >= 4 is 5.96 Å². The second-order valence-electron chi connectivity index (χ2n) is 5.50. The van der Waals surface area contributed by atoms with Gasteiger partial charge in [0.2, 0.25) is 0 Å². The Balaban J connectivity index is 1.72. The first-order valence-electron chi connectivity index (χ1n) is 8.06. The van der Waals surface area contributed by atoms with Crippen LogP contribution in [0.2, 0.25) is 0 Å². The fraction of sp³-hybridized carbons (Fsp3) is 0.316. The van der Waals surface area contributed by atoms with Gasteiger partial charge in [0.05, 0.1) is 13.7 Å². The molecule has 1 unspecified atom stereocenters. The Bertz CT molecular complexity index is 644. The van der Waals surface area contributed by atoms with Gasteiger partial charge in [0.15, 0.2) is 5.96 Å². The molecule has 0 aliphatic rings. The van der Waals surface area contributed by atoms with Crippen LogP contribution in [0.4, 0.5) is 0 Å². The highest BCUT2D eigenvalue weighted by Crippen LogP contribution is 2.19. The zero-order valence-electron chi connectivity index (χ0n) is 14.2. The summed E-state index contributed by atoms with van der Waals surface area (Å²) >= 11 is 0. The molecule has 0 aliphatic carbocycles. The Kier molecular flexibility index (Phi) is 6.95. The lowest BCUT2D eigenvalue weighted by Gasteiger charge is -2.14. The topological polar surface area (TPSA) is 68.9 Å². The molecule has 0 saturated carbocycles. The molecule has 0 spiro atoms. The zero-order chi connectivity index (χ0) is 17.2. The summed E-state index contributed by atoms with van der Waals surface area (Å²) in [7, 11) is 1.63. The first-order valence-corrected chi connectivity index (χ1v) is 8.06. The monoisotopic (exact) mass is 327 g/mol. The number of benzene rings is 2. The van der Waals surface area contributed by atoms with Gasteiger partial charge < -0.3 is 20.5 Å². The molecule has 2 aromatic carbocycles. The minimum Gasteiger partial charge on any atom is -0.497 e. The van der Waals surface area contributed by atoms with E-state index < -0.39 is 0 Å². The number of ether oxygens (including phenoxy) is 2. The minimum atomic E-state index is -0.0772. The van der Waals surface area contributed by atoms with Crippen molar-refractivity contribution < 1.29 is 9.47 Å². The average molecular weight is 327 g/mol. The SMILES string of the molecule is COc1cccc(OC(C)CN=C(N)NCCc2ccccc2)c1. The average Bonchev–Trinajstić information content (AvgIpc) is 2.61. The lowest BCUT2D eigenvalue weighted by Crippen LogP contribution is -2.34. The summed E-state index contributed by atoms with van der Waals surface area (Å²) < 4.78 is 11.0. The third-order valence-electron chi connectivity index (χ3n) is 3.46. The molecular formula is C19H25N3O2. The van der Waals surface area contributed by atoms with Crippen molar-refractivity contribution in [3.63, 3.8) is 0 Å². The number of hydrogen-bond donors (Lipinski definition) is 2. The summed E-state index contributed by atoms with van der Waals surface area (Å²) in [6.45, 7) is 3.20. The molecule has 0 heterocycles. The van der Waals surface area contributed by atoms with E-state index in [1.807, 2.05) is 49.4 Å². The van der Waals surface area contributed by atoms with Crippen LogP contribution in [0.1, 0.15) is 12.5 Å². The predicted molar refractivity (Wildman–Crippen MR) is 97.7 cm³/mol. The predicted octanol–water partition coefficient (Wildman–Crippen LogP) is 2.61. The highest BCUT2D eigenvalue weighted by molar-refractivity contribution is 5.77. The fourth-order valence-corrected chi connectivity index (χ4v) is 2.21. The van der Waals surface area contributed by atoms with Crippen LogP contribution in [0, 0.1) is 0 Å². The molecule has 5 heteroatoms. The first kappa shape index (κ1) is 17.7. The molecule has 1 atom stereocenters. The van der Waals surface area contributed by atoms with Gasteiger partial charge in [-0.1, -0.05) is 36.4 Å². The number of hydrogen-bond acceptors (Lipinski definition) is 3. The van der Waals surface area contributed by atoms with Crippen LogP contribution in [0.25, 0.3) is 0 Å². The zero-order valence-corrected chi connectivity index (χ0v) is 14.2. The number of rotatable bonds is 8. The van der Waals surface area contributed by atoms with Gasteiger partial charge >= 0.3 is 0 Å². The van der Waals surface area contributed by atoms with Crippen LogP contribution < -0.4 is 20.5 Å². The van der Waals surface area contributed by atoms with Gasteiger partial charge in [-0.2, -0.15) is 0 Å². The summed E-state index contributed by atoms with van der Waals surface area (Å²) in [6, 6.07) is 17.8. The van der Waals surface area contributed by atoms with Gasteiger partial charge in [0.1, 0.15) is 17.6 Å². The number of nitrogens with zero attached hydrogens (tertiary/aromatic N) is 1. The number of nitrogens with one attached hydrogen (secondary N) is 1. The molecule has 2 aromatic rings. The van der Waals surface area contributed by atoms with E-state index in [1.165, 1.54) is 5.56 Å². The highest BCUT2D eigenvalue weighted by Gasteiger charge is 2.04. The summed E-state index contributed by atoms with van der Waals surface area (Å²) in [4.78, 5) is 4.32. The number of methoxy groups -OCH3 is 1. The van der Waals surface area contributed by atoms with Crippen LogP contribution in [-0.4, -0.2) is 32.3 Å². The van der Waals surface area contributed by atoms with Crippen molar-refractivity contribution in [1.29, 1.82) is 0 Å².